The quantitative estimate of drug-likeness (QED) is 0.736. The first-order valence-electron chi connectivity index (χ1n) is 8.20. The molecule has 2 aromatic heterocycles. The van der Waals surface area contributed by atoms with Crippen LogP contribution >= 0.6 is 0 Å². The van der Waals surface area contributed by atoms with E-state index >= 15 is 4.39 Å². The highest BCUT2D eigenvalue weighted by Crippen LogP contribution is 2.41. The Labute approximate surface area is 151 Å². The summed E-state index contributed by atoms with van der Waals surface area (Å²) in [4.78, 5) is 19.9. The number of carbonyl (C=O) groups is 1. The summed E-state index contributed by atoms with van der Waals surface area (Å²) in [6, 6.07) is 5.27. The van der Waals surface area contributed by atoms with Crippen molar-refractivity contribution in [3.8, 4) is 16.9 Å². The van der Waals surface area contributed by atoms with Gasteiger partial charge in [0.1, 0.15) is 0 Å². The molecule has 0 spiro atoms. The van der Waals surface area contributed by atoms with E-state index in [2.05, 4.69) is 9.97 Å². The van der Waals surface area contributed by atoms with Gasteiger partial charge in [0, 0.05) is 40.5 Å². The van der Waals surface area contributed by atoms with Gasteiger partial charge in [0.05, 0.1) is 5.69 Å². The van der Waals surface area contributed by atoms with Gasteiger partial charge in [-0.2, -0.15) is 0 Å². The second kappa shape index (κ2) is 6.37. The maximum atomic E-state index is 15.4. The molecule has 5 nitrogen and oxygen atoms in total. The number of nitrogens with zero attached hydrogens (tertiary/aromatic N) is 2. The van der Waals surface area contributed by atoms with E-state index in [0.29, 0.717) is 27.6 Å². The average Bonchev–Trinajstić information content (AvgIpc) is 2.56. The van der Waals surface area contributed by atoms with Gasteiger partial charge in [0.15, 0.2) is 11.6 Å². The van der Waals surface area contributed by atoms with E-state index in [1.165, 1.54) is 0 Å². The standard InChI is InChI=1S/C20H20FN3O2/c1-11-5-7-23-10-14(11)13-9-12-6-8-24-18(20(2,3)4)15(12)17(16(13)21)26-19(22)25/h5-10H,1-4H3,(H2,22,25). The van der Waals surface area contributed by atoms with Crippen LogP contribution in [0, 0.1) is 12.7 Å². The number of amides is 1. The number of benzene rings is 1. The molecule has 26 heavy (non-hydrogen) atoms. The van der Waals surface area contributed by atoms with Crippen molar-refractivity contribution in [2.24, 2.45) is 5.73 Å². The number of hydrogen-bond acceptors (Lipinski definition) is 4. The summed E-state index contributed by atoms with van der Waals surface area (Å²) < 4.78 is 20.5. The first kappa shape index (κ1) is 17.8. The molecule has 6 heteroatoms. The minimum atomic E-state index is -1.08. The fourth-order valence-electron chi connectivity index (χ4n) is 2.99. The molecule has 0 saturated carbocycles. The van der Waals surface area contributed by atoms with Crippen LogP contribution in [-0.2, 0) is 5.41 Å². The second-order valence-electron chi connectivity index (χ2n) is 7.19. The third kappa shape index (κ3) is 3.10. The highest BCUT2D eigenvalue weighted by Gasteiger charge is 2.26. The van der Waals surface area contributed by atoms with Crippen molar-refractivity contribution < 1.29 is 13.9 Å². The Kier molecular flexibility index (Phi) is 4.36. The third-order valence-electron chi connectivity index (χ3n) is 4.19. The van der Waals surface area contributed by atoms with Gasteiger partial charge in [-0.3, -0.25) is 9.97 Å². The topological polar surface area (TPSA) is 78.1 Å². The summed E-state index contributed by atoms with van der Waals surface area (Å²) in [6.07, 6.45) is 3.81. The predicted octanol–water partition coefficient (Wildman–Crippen LogP) is 4.50. The molecule has 0 saturated heterocycles. The lowest BCUT2D eigenvalue weighted by Crippen LogP contribution is -2.19. The van der Waals surface area contributed by atoms with Gasteiger partial charge < -0.3 is 10.5 Å². The Morgan fingerprint density at radius 3 is 2.54 bits per heavy atom. The molecular weight excluding hydrogens is 333 g/mol. The Hall–Kier alpha value is -3.02. The lowest BCUT2D eigenvalue weighted by Gasteiger charge is -2.22. The summed E-state index contributed by atoms with van der Waals surface area (Å²) in [5, 5.41) is 1.16. The van der Waals surface area contributed by atoms with Crippen LogP contribution in [0.15, 0.2) is 36.8 Å². The Balaban J connectivity index is 2.44. The molecule has 3 aromatic rings. The van der Waals surface area contributed by atoms with Gasteiger partial charge in [0.2, 0.25) is 0 Å². The average molecular weight is 353 g/mol. The second-order valence-corrected chi connectivity index (χ2v) is 7.19. The van der Waals surface area contributed by atoms with Gasteiger partial charge >= 0.3 is 6.09 Å². The number of rotatable bonds is 2. The minimum Gasteiger partial charge on any atom is -0.407 e. The highest BCUT2D eigenvalue weighted by molar-refractivity contribution is 5.96. The van der Waals surface area contributed by atoms with E-state index in [4.69, 9.17) is 10.5 Å². The SMILES string of the molecule is Cc1ccncc1-c1cc2ccnc(C(C)(C)C)c2c(OC(N)=O)c1F. The highest BCUT2D eigenvalue weighted by atomic mass is 19.1. The Morgan fingerprint density at radius 2 is 1.92 bits per heavy atom. The molecule has 0 aliphatic rings. The number of fused-ring (bicyclic) bond motifs is 1. The van der Waals surface area contributed by atoms with Crippen LogP contribution in [0.5, 0.6) is 5.75 Å². The summed E-state index contributed by atoms with van der Waals surface area (Å²) in [5.41, 5.74) is 7.22. The lowest BCUT2D eigenvalue weighted by molar-refractivity contribution is 0.209. The number of ether oxygens (including phenoxy) is 1. The molecular formula is C20H20FN3O2. The molecule has 2 N–H and O–H groups in total. The molecule has 134 valence electrons. The maximum Gasteiger partial charge on any atom is 0.410 e. The maximum absolute atomic E-state index is 15.4. The number of primary amides is 1. The molecule has 0 aliphatic heterocycles. The number of halogens is 1. The number of nitrogens with two attached hydrogens (primary N) is 1. The molecule has 0 radical (unpaired) electrons. The van der Waals surface area contributed by atoms with Crippen molar-refractivity contribution in [1.82, 2.24) is 9.97 Å². The minimum absolute atomic E-state index is 0.203. The molecule has 2 heterocycles. The third-order valence-corrected chi connectivity index (χ3v) is 4.19. The molecule has 0 atom stereocenters. The largest absolute Gasteiger partial charge is 0.410 e. The van der Waals surface area contributed by atoms with Gasteiger partial charge in [-0.1, -0.05) is 20.8 Å². The van der Waals surface area contributed by atoms with E-state index in [1.807, 2.05) is 27.7 Å². The van der Waals surface area contributed by atoms with Crippen LogP contribution < -0.4 is 10.5 Å². The predicted molar refractivity (Wildman–Crippen MR) is 98.6 cm³/mol. The van der Waals surface area contributed by atoms with Crippen LogP contribution in [0.25, 0.3) is 21.9 Å². The normalized spacial score (nSPS) is 11.6. The number of pyridine rings is 2. The van der Waals surface area contributed by atoms with Crippen LogP contribution in [0.2, 0.25) is 0 Å². The van der Waals surface area contributed by atoms with Crippen molar-refractivity contribution in [3.63, 3.8) is 0 Å². The summed E-state index contributed by atoms with van der Waals surface area (Å²) in [6.45, 7) is 7.74. The molecule has 3 rings (SSSR count). The van der Waals surface area contributed by atoms with Gasteiger partial charge in [0.25, 0.3) is 0 Å². The van der Waals surface area contributed by atoms with E-state index in [0.717, 1.165) is 5.56 Å². The fourth-order valence-corrected chi connectivity index (χ4v) is 2.99. The fraction of sp³-hybridized carbons (Fsp3) is 0.250. The van der Waals surface area contributed by atoms with Crippen molar-refractivity contribution in [2.45, 2.75) is 33.1 Å². The number of aryl methyl sites for hydroxylation is 1. The van der Waals surface area contributed by atoms with Gasteiger partial charge in [-0.05, 0) is 36.1 Å². The molecule has 1 amide bonds. The number of carbonyl (C=O) groups excluding carboxylic acids is 1. The number of hydrogen-bond donors (Lipinski definition) is 1. The lowest BCUT2D eigenvalue weighted by atomic mass is 9.87. The van der Waals surface area contributed by atoms with E-state index in [9.17, 15) is 4.79 Å². The van der Waals surface area contributed by atoms with Crippen LogP contribution in [-0.4, -0.2) is 16.1 Å². The summed E-state index contributed by atoms with van der Waals surface area (Å²) >= 11 is 0. The van der Waals surface area contributed by atoms with Gasteiger partial charge in [-0.25, -0.2) is 9.18 Å². The first-order valence-corrected chi connectivity index (χ1v) is 8.20. The van der Waals surface area contributed by atoms with Crippen molar-refractivity contribution >= 4 is 16.9 Å². The van der Waals surface area contributed by atoms with Crippen molar-refractivity contribution in [1.29, 1.82) is 0 Å². The van der Waals surface area contributed by atoms with E-state index in [1.54, 1.807) is 36.8 Å². The zero-order valence-electron chi connectivity index (χ0n) is 15.1. The Morgan fingerprint density at radius 1 is 1.19 bits per heavy atom. The van der Waals surface area contributed by atoms with E-state index < -0.39 is 11.9 Å². The summed E-state index contributed by atoms with van der Waals surface area (Å²) in [5.74, 6) is -0.864. The molecule has 1 aromatic carbocycles. The van der Waals surface area contributed by atoms with Crippen LogP contribution in [0.4, 0.5) is 9.18 Å². The smallest absolute Gasteiger partial charge is 0.407 e. The molecule has 0 bridgehead atoms. The van der Waals surface area contributed by atoms with Crippen LogP contribution in [0.1, 0.15) is 32.0 Å². The first-order chi connectivity index (χ1) is 12.2. The van der Waals surface area contributed by atoms with Gasteiger partial charge in [-0.15, -0.1) is 0 Å². The Bertz CT molecular complexity index is 1010. The monoisotopic (exact) mass is 353 g/mol. The zero-order chi connectivity index (χ0) is 19.1. The summed E-state index contributed by atoms with van der Waals surface area (Å²) in [7, 11) is 0. The molecule has 0 aliphatic carbocycles. The number of aromatic nitrogens is 2. The van der Waals surface area contributed by atoms with Crippen molar-refractivity contribution in [3.05, 3.63) is 53.9 Å². The van der Waals surface area contributed by atoms with Crippen LogP contribution in [0.3, 0.4) is 0 Å². The van der Waals surface area contributed by atoms with Crippen molar-refractivity contribution in [2.75, 3.05) is 0 Å². The zero-order valence-corrected chi connectivity index (χ0v) is 15.1. The van der Waals surface area contributed by atoms with E-state index in [-0.39, 0.29) is 11.2 Å². The molecule has 0 fully saturated rings. The molecule has 0 unspecified atom stereocenters.